The number of hydrogen-bond donors (Lipinski definition) is 0. The molecule has 1 rings (SSSR count). The van der Waals surface area contributed by atoms with Crippen LogP contribution >= 0.6 is 0 Å². The van der Waals surface area contributed by atoms with Gasteiger partial charge in [-0.25, -0.2) is 0 Å². The number of hydrogen-bond acceptors (Lipinski definition) is 0. The molecule has 20 heavy (non-hydrogen) atoms. The van der Waals surface area contributed by atoms with Gasteiger partial charge in [0, 0.05) is 0 Å². The van der Waals surface area contributed by atoms with Gasteiger partial charge in [0.1, 0.15) is 0 Å². The Morgan fingerprint density at radius 3 is 1.75 bits per heavy atom. The van der Waals surface area contributed by atoms with Crippen LogP contribution in [0.4, 0.5) is 0 Å². The van der Waals surface area contributed by atoms with Crippen LogP contribution in [-0.4, -0.2) is 0 Å². The van der Waals surface area contributed by atoms with Crippen LogP contribution < -0.4 is 0 Å². The van der Waals surface area contributed by atoms with Crippen molar-refractivity contribution in [3.63, 3.8) is 0 Å². The fourth-order valence-electron chi connectivity index (χ4n) is 4.74. The summed E-state index contributed by atoms with van der Waals surface area (Å²) in [6, 6.07) is 0. The van der Waals surface area contributed by atoms with Crippen LogP contribution in [0.2, 0.25) is 0 Å². The minimum atomic E-state index is 0.572. The molecule has 0 heteroatoms. The second-order valence-electron chi connectivity index (χ2n) is 9.15. The van der Waals surface area contributed by atoms with Crippen LogP contribution in [0.15, 0.2) is 0 Å². The average Bonchev–Trinajstić information content (AvgIpc) is 2.85. The first kappa shape index (κ1) is 18.1. The van der Waals surface area contributed by atoms with Gasteiger partial charge in [-0.2, -0.15) is 0 Å². The van der Waals surface area contributed by atoms with E-state index in [2.05, 4.69) is 62.3 Å². The maximum Gasteiger partial charge on any atom is -0.0241 e. The van der Waals surface area contributed by atoms with E-state index in [0.29, 0.717) is 10.8 Å². The summed E-state index contributed by atoms with van der Waals surface area (Å²) in [5, 5.41) is 0. The third-order valence-corrected chi connectivity index (χ3v) is 7.06. The van der Waals surface area contributed by atoms with Gasteiger partial charge in [-0.1, -0.05) is 75.2 Å². The largest absolute Gasteiger partial charge is 0.0654 e. The van der Waals surface area contributed by atoms with Crippen LogP contribution in [0.5, 0.6) is 0 Å². The van der Waals surface area contributed by atoms with Gasteiger partial charge in [0.2, 0.25) is 0 Å². The van der Waals surface area contributed by atoms with Gasteiger partial charge in [0.15, 0.2) is 0 Å². The molecule has 1 aliphatic carbocycles. The lowest BCUT2D eigenvalue weighted by Crippen LogP contribution is -2.27. The molecule has 120 valence electrons. The molecular weight excluding hydrogens is 240 g/mol. The van der Waals surface area contributed by atoms with Crippen molar-refractivity contribution in [2.24, 2.45) is 40.4 Å². The minimum absolute atomic E-state index is 0.572. The molecule has 0 radical (unpaired) electrons. The number of rotatable bonds is 8. The van der Waals surface area contributed by atoms with Crippen LogP contribution in [-0.2, 0) is 0 Å². The van der Waals surface area contributed by atoms with E-state index in [1.165, 1.54) is 25.7 Å². The van der Waals surface area contributed by atoms with Crippen LogP contribution in [0.3, 0.4) is 0 Å². The van der Waals surface area contributed by atoms with Crippen molar-refractivity contribution in [1.29, 1.82) is 0 Å². The van der Waals surface area contributed by atoms with Crippen molar-refractivity contribution in [1.82, 2.24) is 0 Å². The zero-order chi connectivity index (χ0) is 15.7. The zero-order valence-corrected chi connectivity index (χ0v) is 15.7. The second kappa shape index (κ2) is 6.41. The molecule has 0 aromatic carbocycles. The van der Waals surface area contributed by atoms with E-state index in [4.69, 9.17) is 0 Å². The molecule has 0 spiro atoms. The smallest absolute Gasteiger partial charge is 0.0241 e. The van der Waals surface area contributed by atoms with Gasteiger partial charge < -0.3 is 0 Å². The van der Waals surface area contributed by atoms with Gasteiger partial charge >= 0.3 is 0 Å². The van der Waals surface area contributed by atoms with Crippen LogP contribution in [0.1, 0.15) is 88.0 Å². The molecule has 0 aliphatic heterocycles. The Kier molecular flexibility index (Phi) is 5.78. The molecule has 0 aromatic heterocycles. The zero-order valence-electron chi connectivity index (χ0n) is 15.7. The predicted octanol–water partition coefficient (Wildman–Crippen LogP) is 6.79. The molecule has 5 atom stereocenters. The molecule has 1 aliphatic rings. The maximum absolute atomic E-state index is 2.52. The van der Waals surface area contributed by atoms with Crippen molar-refractivity contribution >= 4 is 0 Å². The highest BCUT2D eigenvalue weighted by Crippen LogP contribution is 2.68. The molecule has 0 heterocycles. The lowest BCUT2D eigenvalue weighted by atomic mass is 9.70. The van der Waals surface area contributed by atoms with E-state index in [1.54, 1.807) is 0 Å². The van der Waals surface area contributed by atoms with E-state index >= 15 is 0 Å². The highest BCUT2D eigenvalue weighted by molar-refractivity contribution is 5.09. The topological polar surface area (TPSA) is 0 Å². The lowest BCUT2D eigenvalue weighted by molar-refractivity contribution is 0.142. The maximum atomic E-state index is 2.52. The Morgan fingerprint density at radius 1 is 0.900 bits per heavy atom. The highest BCUT2D eigenvalue weighted by atomic mass is 14.6. The molecular formula is C20H40. The normalized spacial score (nSPS) is 30.9. The van der Waals surface area contributed by atoms with Gasteiger partial charge in [-0.3, -0.25) is 0 Å². The van der Waals surface area contributed by atoms with Crippen molar-refractivity contribution in [2.75, 3.05) is 0 Å². The van der Waals surface area contributed by atoms with Crippen molar-refractivity contribution in [3.05, 3.63) is 0 Å². The molecule has 1 fully saturated rings. The van der Waals surface area contributed by atoms with Crippen molar-refractivity contribution in [3.8, 4) is 0 Å². The van der Waals surface area contributed by atoms with E-state index in [9.17, 15) is 0 Å². The molecule has 0 saturated heterocycles. The molecule has 1 saturated carbocycles. The van der Waals surface area contributed by atoms with Gasteiger partial charge in [-0.05, 0) is 53.3 Å². The van der Waals surface area contributed by atoms with Gasteiger partial charge in [0.05, 0.1) is 0 Å². The third kappa shape index (κ3) is 3.60. The first-order valence-corrected chi connectivity index (χ1v) is 9.06. The standard InChI is InChI=1S/C20H40/c1-10-11-15(4)18(14(2)3)12-16(5)17(6)20(9)13-19(20,7)8/h14-18H,10-13H2,1-9H3. The summed E-state index contributed by atoms with van der Waals surface area (Å²) >= 11 is 0. The summed E-state index contributed by atoms with van der Waals surface area (Å²) in [4.78, 5) is 0. The van der Waals surface area contributed by atoms with Crippen molar-refractivity contribution in [2.45, 2.75) is 88.0 Å². The quantitative estimate of drug-likeness (QED) is 0.459. The average molecular weight is 281 g/mol. The van der Waals surface area contributed by atoms with E-state index in [0.717, 1.165) is 29.6 Å². The van der Waals surface area contributed by atoms with Gasteiger partial charge in [-0.15, -0.1) is 0 Å². The summed E-state index contributed by atoms with van der Waals surface area (Å²) in [5.74, 6) is 4.32. The van der Waals surface area contributed by atoms with Gasteiger partial charge in [0.25, 0.3) is 0 Å². The summed E-state index contributed by atoms with van der Waals surface area (Å²) in [5.41, 5.74) is 1.16. The Morgan fingerprint density at radius 2 is 1.40 bits per heavy atom. The summed E-state index contributed by atoms with van der Waals surface area (Å²) in [7, 11) is 0. The predicted molar refractivity (Wildman–Crippen MR) is 91.9 cm³/mol. The first-order valence-electron chi connectivity index (χ1n) is 9.06. The Labute approximate surface area is 129 Å². The van der Waals surface area contributed by atoms with Crippen LogP contribution in [0, 0.1) is 40.4 Å². The second-order valence-corrected chi connectivity index (χ2v) is 9.15. The third-order valence-electron chi connectivity index (χ3n) is 7.06. The molecule has 0 bridgehead atoms. The Balaban J connectivity index is 2.65. The monoisotopic (exact) mass is 280 g/mol. The fraction of sp³-hybridized carbons (Fsp3) is 1.00. The Bertz CT molecular complexity index is 301. The summed E-state index contributed by atoms with van der Waals surface area (Å²) in [6.45, 7) is 22.1. The van der Waals surface area contributed by atoms with E-state index in [-0.39, 0.29) is 0 Å². The molecule has 0 amide bonds. The first-order chi connectivity index (χ1) is 9.06. The summed E-state index contributed by atoms with van der Waals surface area (Å²) in [6.07, 6.45) is 5.57. The van der Waals surface area contributed by atoms with E-state index < -0.39 is 0 Å². The molecule has 5 unspecified atom stereocenters. The SMILES string of the molecule is CCCC(C)C(CC(C)C(C)C1(C)CC1(C)C)C(C)C. The molecule has 0 N–H and O–H groups in total. The van der Waals surface area contributed by atoms with Crippen LogP contribution in [0.25, 0.3) is 0 Å². The Hall–Kier alpha value is 0. The minimum Gasteiger partial charge on any atom is -0.0654 e. The summed E-state index contributed by atoms with van der Waals surface area (Å²) < 4.78 is 0. The highest BCUT2D eigenvalue weighted by Gasteiger charge is 2.60. The van der Waals surface area contributed by atoms with Crippen molar-refractivity contribution < 1.29 is 0 Å². The van der Waals surface area contributed by atoms with E-state index in [1.807, 2.05) is 0 Å². The molecule has 0 nitrogen and oxygen atoms in total. The lowest BCUT2D eigenvalue weighted by Gasteiger charge is -2.35. The molecule has 0 aromatic rings. The fourth-order valence-corrected chi connectivity index (χ4v) is 4.74.